The average molecular weight is 141 g/mol. The van der Waals surface area contributed by atoms with E-state index in [-0.39, 0.29) is 5.97 Å². The number of esters is 1. The average Bonchev–Trinajstić information content (AvgIpc) is 1.98. The maximum absolute atomic E-state index is 10.5. The van der Waals surface area contributed by atoms with Crippen molar-refractivity contribution < 1.29 is 9.53 Å². The Morgan fingerprint density at radius 2 is 2.30 bits per heavy atom. The number of carbonyl (C=O) groups is 1. The highest BCUT2D eigenvalue weighted by Crippen LogP contribution is 1.93. The number of ether oxygens (including phenoxy) is 1. The summed E-state index contributed by atoms with van der Waals surface area (Å²) in [4.78, 5) is 10.5. The van der Waals surface area contributed by atoms with E-state index in [0.29, 0.717) is 6.42 Å². The molecule has 0 unspecified atom stereocenters. The van der Waals surface area contributed by atoms with Gasteiger partial charge < -0.3 is 4.74 Å². The second-order valence-electron chi connectivity index (χ2n) is 1.87. The number of carbonyl (C=O) groups excluding carboxylic acids is 1. The summed E-state index contributed by atoms with van der Waals surface area (Å²) in [6.45, 7) is 3.62. The van der Waals surface area contributed by atoms with Crippen LogP contribution in [-0.2, 0) is 9.53 Å². The van der Waals surface area contributed by atoms with Gasteiger partial charge in [0.05, 0.1) is 7.11 Å². The first-order valence-corrected chi connectivity index (χ1v) is 3.32. The quantitative estimate of drug-likeness (QED) is 0.440. The Hall–Kier alpha value is -0.790. The lowest BCUT2D eigenvalue weighted by Gasteiger charge is -1.92. The Kier molecular flexibility index (Phi) is 5.83. The predicted octanol–water partition coefficient (Wildman–Crippen LogP) is 1.72. The van der Waals surface area contributed by atoms with Gasteiger partial charge in [-0.1, -0.05) is 12.2 Å². The standard InChI is InChI=1S/C8H13O2/c1-3-4-5-6-7-8(9)10-2/h4-5H,1,3,6-7H2,2H3. The lowest BCUT2D eigenvalue weighted by molar-refractivity contribution is -0.140. The number of methoxy groups -OCH3 is 1. The lowest BCUT2D eigenvalue weighted by atomic mass is 10.3. The number of hydrogen-bond acceptors (Lipinski definition) is 2. The van der Waals surface area contributed by atoms with Crippen LogP contribution >= 0.6 is 0 Å². The largest absolute Gasteiger partial charge is 0.469 e. The van der Waals surface area contributed by atoms with Crippen LogP contribution in [0, 0.1) is 6.92 Å². The van der Waals surface area contributed by atoms with Crippen LogP contribution in [0.5, 0.6) is 0 Å². The Morgan fingerprint density at radius 3 is 2.80 bits per heavy atom. The van der Waals surface area contributed by atoms with E-state index in [0.717, 1.165) is 12.8 Å². The topological polar surface area (TPSA) is 26.3 Å². The van der Waals surface area contributed by atoms with E-state index in [1.54, 1.807) is 0 Å². The first kappa shape index (κ1) is 9.21. The zero-order valence-electron chi connectivity index (χ0n) is 6.30. The Balaban J connectivity index is 3.19. The molecule has 0 bridgehead atoms. The van der Waals surface area contributed by atoms with E-state index >= 15 is 0 Å². The van der Waals surface area contributed by atoms with E-state index in [9.17, 15) is 4.79 Å². The van der Waals surface area contributed by atoms with E-state index < -0.39 is 0 Å². The van der Waals surface area contributed by atoms with Gasteiger partial charge in [-0.05, 0) is 19.8 Å². The summed E-state index contributed by atoms with van der Waals surface area (Å²) in [7, 11) is 1.40. The number of hydrogen-bond donors (Lipinski definition) is 0. The molecule has 0 aromatic heterocycles. The van der Waals surface area contributed by atoms with Crippen molar-refractivity contribution in [3.05, 3.63) is 19.1 Å². The van der Waals surface area contributed by atoms with Gasteiger partial charge >= 0.3 is 5.97 Å². The van der Waals surface area contributed by atoms with E-state index in [2.05, 4.69) is 11.7 Å². The van der Waals surface area contributed by atoms with Gasteiger partial charge in [0.25, 0.3) is 0 Å². The first-order valence-electron chi connectivity index (χ1n) is 3.32. The van der Waals surface area contributed by atoms with Gasteiger partial charge in [0, 0.05) is 6.42 Å². The SMILES string of the molecule is [CH2]CC=CCCC(=O)OC. The highest BCUT2D eigenvalue weighted by atomic mass is 16.5. The van der Waals surface area contributed by atoms with Crippen molar-refractivity contribution in [1.29, 1.82) is 0 Å². The Bertz CT molecular complexity index is 116. The van der Waals surface area contributed by atoms with Gasteiger partial charge in [-0.2, -0.15) is 0 Å². The van der Waals surface area contributed by atoms with Gasteiger partial charge in [0.15, 0.2) is 0 Å². The van der Waals surface area contributed by atoms with Crippen LogP contribution in [0.3, 0.4) is 0 Å². The summed E-state index contributed by atoms with van der Waals surface area (Å²) in [5, 5.41) is 0. The predicted molar refractivity (Wildman–Crippen MR) is 40.4 cm³/mol. The zero-order chi connectivity index (χ0) is 7.82. The normalized spacial score (nSPS) is 10.2. The Labute approximate surface area is 61.9 Å². The molecule has 0 saturated heterocycles. The maximum Gasteiger partial charge on any atom is 0.305 e. The smallest absolute Gasteiger partial charge is 0.305 e. The number of allylic oxidation sites excluding steroid dienone is 2. The van der Waals surface area contributed by atoms with Gasteiger partial charge in [-0.3, -0.25) is 4.79 Å². The van der Waals surface area contributed by atoms with Crippen molar-refractivity contribution in [1.82, 2.24) is 0 Å². The lowest BCUT2D eigenvalue weighted by Crippen LogP contribution is -1.97. The molecule has 1 radical (unpaired) electrons. The molecular weight excluding hydrogens is 128 g/mol. The molecule has 0 aromatic rings. The molecule has 0 aliphatic carbocycles. The molecule has 0 aliphatic heterocycles. The molecule has 57 valence electrons. The minimum absolute atomic E-state index is 0.159. The van der Waals surface area contributed by atoms with Crippen LogP contribution in [-0.4, -0.2) is 13.1 Å². The van der Waals surface area contributed by atoms with Crippen LogP contribution in [0.4, 0.5) is 0 Å². The fourth-order valence-corrected chi connectivity index (χ4v) is 0.539. The van der Waals surface area contributed by atoms with Crippen molar-refractivity contribution >= 4 is 5.97 Å². The van der Waals surface area contributed by atoms with Crippen molar-refractivity contribution in [2.24, 2.45) is 0 Å². The molecule has 0 atom stereocenters. The molecule has 0 spiro atoms. The van der Waals surface area contributed by atoms with Crippen LogP contribution in [0.1, 0.15) is 19.3 Å². The molecule has 2 heteroatoms. The third-order valence-electron chi connectivity index (χ3n) is 1.08. The third-order valence-corrected chi connectivity index (χ3v) is 1.08. The molecule has 0 saturated carbocycles. The fourth-order valence-electron chi connectivity index (χ4n) is 0.539. The minimum atomic E-state index is -0.159. The monoisotopic (exact) mass is 141 g/mol. The van der Waals surface area contributed by atoms with Gasteiger partial charge in [-0.15, -0.1) is 0 Å². The molecule has 0 rings (SSSR count). The molecule has 0 fully saturated rings. The molecule has 0 N–H and O–H groups in total. The second-order valence-corrected chi connectivity index (χ2v) is 1.87. The number of rotatable bonds is 4. The highest BCUT2D eigenvalue weighted by molar-refractivity contribution is 5.69. The van der Waals surface area contributed by atoms with Crippen molar-refractivity contribution in [2.45, 2.75) is 19.3 Å². The van der Waals surface area contributed by atoms with E-state index in [1.807, 2.05) is 12.2 Å². The summed E-state index contributed by atoms with van der Waals surface area (Å²) >= 11 is 0. The molecular formula is C8H13O2. The summed E-state index contributed by atoms with van der Waals surface area (Å²) in [6.07, 6.45) is 5.86. The molecule has 0 amide bonds. The van der Waals surface area contributed by atoms with Gasteiger partial charge in [0.1, 0.15) is 0 Å². The van der Waals surface area contributed by atoms with Crippen LogP contribution in [0.15, 0.2) is 12.2 Å². The molecule has 10 heavy (non-hydrogen) atoms. The summed E-state index contributed by atoms with van der Waals surface area (Å²) < 4.78 is 4.44. The Morgan fingerprint density at radius 1 is 1.60 bits per heavy atom. The van der Waals surface area contributed by atoms with Crippen molar-refractivity contribution in [3.63, 3.8) is 0 Å². The van der Waals surface area contributed by atoms with Crippen LogP contribution in [0.25, 0.3) is 0 Å². The molecule has 0 aromatic carbocycles. The molecule has 0 heterocycles. The summed E-state index contributed by atoms with van der Waals surface area (Å²) in [6, 6.07) is 0. The first-order chi connectivity index (χ1) is 4.81. The molecule has 2 nitrogen and oxygen atoms in total. The van der Waals surface area contributed by atoms with Crippen LogP contribution in [0.2, 0.25) is 0 Å². The van der Waals surface area contributed by atoms with E-state index in [1.165, 1.54) is 7.11 Å². The van der Waals surface area contributed by atoms with Crippen LogP contribution < -0.4 is 0 Å². The second kappa shape index (κ2) is 6.33. The van der Waals surface area contributed by atoms with Gasteiger partial charge in [-0.25, -0.2) is 0 Å². The van der Waals surface area contributed by atoms with Crippen molar-refractivity contribution in [3.8, 4) is 0 Å². The summed E-state index contributed by atoms with van der Waals surface area (Å²) in [5.74, 6) is -0.159. The fraction of sp³-hybridized carbons (Fsp3) is 0.500. The highest BCUT2D eigenvalue weighted by Gasteiger charge is 1.94. The summed E-state index contributed by atoms with van der Waals surface area (Å²) in [5.41, 5.74) is 0. The van der Waals surface area contributed by atoms with Gasteiger partial charge in [0.2, 0.25) is 0 Å². The zero-order valence-corrected chi connectivity index (χ0v) is 6.30. The maximum atomic E-state index is 10.5. The van der Waals surface area contributed by atoms with Crippen molar-refractivity contribution in [2.75, 3.05) is 7.11 Å². The minimum Gasteiger partial charge on any atom is -0.469 e. The third kappa shape index (κ3) is 5.35. The van der Waals surface area contributed by atoms with E-state index in [4.69, 9.17) is 0 Å². The molecule has 0 aliphatic rings.